The fraction of sp³-hybridized carbons (Fsp3) is 0.688. The van der Waals surface area contributed by atoms with Crippen molar-refractivity contribution >= 4 is 17.2 Å². The van der Waals surface area contributed by atoms with E-state index in [1.54, 1.807) is 0 Å². The third-order valence-electron chi connectivity index (χ3n) is 4.85. The normalized spacial score (nSPS) is 23.6. The molecule has 2 N–H and O–H groups in total. The summed E-state index contributed by atoms with van der Waals surface area (Å²) in [5.74, 6) is 1.23. The van der Waals surface area contributed by atoms with Gasteiger partial charge in [-0.2, -0.15) is 0 Å². The Hall–Kier alpha value is -0.870. The van der Waals surface area contributed by atoms with Gasteiger partial charge in [-0.1, -0.05) is 0 Å². The molecule has 0 spiro atoms. The second-order valence-corrected chi connectivity index (χ2v) is 7.09. The molecule has 1 saturated heterocycles. The van der Waals surface area contributed by atoms with E-state index >= 15 is 0 Å². The van der Waals surface area contributed by atoms with E-state index in [0.29, 0.717) is 5.91 Å². The van der Waals surface area contributed by atoms with Gasteiger partial charge < -0.3 is 10.6 Å². The van der Waals surface area contributed by atoms with E-state index in [1.807, 2.05) is 11.3 Å². The highest BCUT2D eigenvalue weighted by molar-refractivity contribution is 7.10. The predicted octanol–water partition coefficient (Wildman–Crippen LogP) is 2.76. The summed E-state index contributed by atoms with van der Waals surface area (Å²) in [4.78, 5) is 16.3. The van der Waals surface area contributed by atoms with E-state index in [-0.39, 0.29) is 5.92 Å². The summed E-state index contributed by atoms with van der Waals surface area (Å²) in [5.41, 5.74) is 6.95. The number of thiophene rings is 1. The largest absolute Gasteiger partial charge is 0.342 e. The minimum atomic E-state index is 0.135. The van der Waals surface area contributed by atoms with E-state index in [9.17, 15) is 4.79 Å². The lowest BCUT2D eigenvalue weighted by Crippen LogP contribution is -2.41. The van der Waals surface area contributed by atoms with Crippen LogP contribution < -0.4 is 5.73 Å². The molecule has 4 heteroatoms. The molecule has 0 aromatic carbocycles. The number of hydrogen-bond donors (Lipinski definition) is 1. The van der Waals surface area contributed by atoms with Gasteiger partial charge >= 0.3 is 0 Å². The molecule has 1 aromatic heterocycles. The number of nitrogens with zero attached hydrogens (tertiary/aromatic N) is 1. The summed E-state index contributed by atoms with van der Waals surface area (Å²) in [6, 6.07) is 2.17. The lowest BCUT2D eigenvalue weighted by atomic mass is 9.85. The maximum absolute atomic E-state index is 12.8. The highest BCUT2D eigenvalue weighted by Crippen LogP contribution is 2.36. The van der Waals surface area contributed by atoms with Crippen LogP contribution >= 0.6 is 11.3 Å². The van der Waals surface area contributed by atoms with Gasteiger partial charge in [-0.15, -0.1) is 11.3 Å². The molecule has 1 aliphatic heterocycles. The zero-order chi connectivity index (χ0) is 13.9. The molecular formula is C16H24N2OS. The Labute approximate surface area is 125 Å². The van der Waals surface area contributed by atoms with Crippen molar-refractivity contribution in [3.63, 3.8) is 0 Å². The van der Waals surface area contributed by atoms with Crippen molar-refractivity contribution in [1.29, 1.82) is 0 Å². The van der Waals surface area contributed by atoms with Crippen molar-refractivity contribution in [3.8, 4) is 0 Å². The van der Waals surface area contributed by atoms with Crippen LogP contribution in [0.3, 0.4) is 0 Å². The van der Waals surface area contributed by atoms with Gasteiger partial charge in [0.25, 0.3) is 0 Å². The van der Waals surface area contributed by atoms with Gasteiger partial charge in [-0.25, -0.2) is 0 Å². The zero-order valence-electron chi connectivity index (χ0n) is 12.0. The first-order valence-corrected chi connectivity index (χ1v) is 8.72. The molecule has 1 atom stereocenters. The standard InChI is InChI=1S/C16H24N2OS/c17-8-4-12-5-9-18(10-6-12)16(19)14-2-1-3-15-13(14)7-11-20-15/h7,11-12,14H,1-6,8-10,17H2. The van der Waals surface area contributed by atoms with Gasteiger partial charge in [0.15, 0.2) is 0 Å². The van der Waals surface area contributed by atoms with Crippen molar-refractivity contribution in [2.75, 3.05) is 19.6 Å². The van der Waals surface area contributed by atoms with Crippen LogP contribution in [0.15, 0.2) is 11.4 Å². The predicted molar refractivity (Wildman–Crippen MR) is 83.0 cm³/mol. The van der Waals surface area contributed by atoms with E-state index in [4.69, 9.17) is 5.73 Å². The molecule has 3 rings (SSSR count). The van der Waals surface area contributed by atoms with Crippen molar-refractivity contribution in [2.24, 2.45) is 11.7 Å². The number of likely N-dealkylation sites (tertiary alicyclic amines) is 1. The fourth-order valence-corrected chi connectivity index (χ4v) is 4.63. The molecule has 3 nitrogen and oxygen atoms in total. The van der Waals surface area contributed by atoms with Gasteiger partial charge in [0, 0.05) is 18.0 Å². The van der Waals surface area contributed by atoms with E-state index in [0.717, 1.165) is 64.1 Å². The van der Waals surface area contributed by atoms with Crippen LogP contribution in [0.4, 0.5) is 0 Å². The number of fused-ring (bicyclic) bond motifs is 1. The first-order chi connectivity index (χ1) is 9.79. The van der Waals surface area contributed by atoms with Gasteiger partial charge in [-0.3, -0.25) is 4.79 Å². The summed E-state index contributed by atoms with van der Waals surface area (Å²) < 4.78 is 0. The van der Waals surface area contributed by atoms with Crippen LogP contribution in [0.2, 0.25) is 0 Å². The number of aryl methyl sites for hydroxylation is 1. The highest BCUT2D eigenvalue weighted by atomic mass is 32.1. The van der Waals surface area contributed by atoms with Crippen LogP contribution in [-0.4, -0.2) is 30.4 Å². The minimum Gasteiger partial charge on any atom is -0.342 e. The quantitative estimate of drug-likeness (QED) is 0.931. The molecule has 0 bridgehead atoms. The molecular weight excluding hydrogens is 268 g/mol. The number of nitrogens with two attached hydrogens (primary N) is 1. The van der Waals surface area contributed by atoms with Gasteiger partial charge in [0.1, 0.15) is 0 Å². The SMILES string of the molecule is NCCC1CCN(C(=O)C2CCCc3sccc32)CC1. The Kier molecular flexibility index (Phi) is 4.41. The fourth-order valence-electron chi connectivity index (χ4n) is 3.64. The average molecular weight is 292 g/mol. The number of carbonyl (C=O) groups is 1. The first-order valence-electron chi connectivity index (χ1n) is 7.84. The van der Waals surface area contributed by atoms with E-state index in [2.05, 4.69) is 16.3 Å². The third-order valence-corrected chi connectivity index (χ3v) is 5.85. The maximum Gasteiger partial charge on any atom is 0.230 e. The Bertz CT molecular complexity index is 463. The molecule has 1 aliphatic carbocycles. The van der Waals surface area contributed by atoms with Crippen molar-refractivity contribution < 1.29 is 4.79 Å². The molecule has 1 unspecified atom stereocenters. The highest BCUT2D eigenvalue weighted by Gasteiger charge is 2.32. The molecule has 2 heterocycles. The number of amides is 1. The summed E-state index contributed by atoms with van der Waals surface area (Å²) in [5, 5.41) is 2.14. The minimum absolute atomic E-state index is 0.135. The molecule has 1 fully saturated rings. The Morgan fingerprint density at radius 2 is 2.15 bits per heavy atom. The number of hydrogen-bond acceptors (Lipinski definition) is 3. The number of carbonyl (C=O) groups excluding carboxylic acids is 1. The Morgan fingerprint density at radius 1 is 1.35 bits per heavy atom. The van der Waals surface area contributed by atoms with Crippen LogP contribution in [0.5, 0.6) is 0 Å². The van der Waals surface area contributed by atoms with E-state index in [1.165, 1.54) is 10.4 Å². The summed E-state index contributed by atoms with van der Waals surface area (Å²) in [7, 11) is 0. The molecule has 1 amide bonds. The first kappa shape index (κ1) is 14.1. The van der Waals surface area contributed by atoms with Gasteiger partial charge in [-0.05, 0) is 68.0 Å². The topological polar surface area (TPSA) is 46.3 Å². The summed E-state index contributed by atoms with van der Waals surface area (Å²) in [6.07, 6.45) is 6.73. The molecule has 2 aliphatic rings. The summed E-state index contributed by atoms with van der Waals surface area (Å²) >= 11 is 1.82. The molecule has 0 saturated carbocycles. The van der Waals surface area contributed by atoms with Crippen molar-refractivity contribution in [2.45, 2.75) is 44.4 Å². The molecule has 1 aromatic rings. The van der Waals surface area contributed by atoms with Crippen LogP contribution in [-0.2, 0) is 11.2 Å². The average Bonchev–Trinajstić information content (AvgIpc) is 2.96. The number of piperidine rings is 1. The van der Waals surface area contributed by atoms with Gasteiger partial charge in [0.05, 0.1) is 5.92 Å². The van der Waals surface area contributed by atoms with Crippen LogP contribution in [0.25, 0.3) is 0 Å². The molecule has 20 heavy (non-hydrogen) atoms. The van der Waals surface area contributed by atoms with Crippen LogP contribution in [0.1, 0.15) is 48.5 Å². The van der Waals surface area contributed by atoms with Crippen LogP contribution in [0, 0.1) is 5.92 Å². The van der Waals surface area contributed by atoms with Gasteiger partial charge in [0.2, 0.25) is 5.91 Å². The Morgan fingerprint density at radius 3 is 2.90 bits per heavy atom. The maximum atomic E-state index is 12.8. The smallest absolute Gasteiger partial charge is 0.230 e. The Balaban J connectivity index is 1.64. The lowest BCUT2D eigenvalue weighted by Gasteiger charge is -2.35. The lowest BCUT2D eigenvalue weighted by molar-refractivity contribution is -0.134. The zero-order valence-corrected chi connectivity index (χ0v) is 12.8. The molecule has 0 radical (unpaired) electrons. The molecule has 110 valence electrons. The summed E-state index contributed by atoms with van der Waals surface area (Å²) in [6.45, 7) is 2.64. The second-order valence-electron chi connectivity index (χ2n) is 6.09. The van der Waals surface area contributed by atoms with E-state index < -0.39 is 0 Å². The second kappa shape index (κ2) is 6.27. The van der Waals surface area contributed by atoms with Crippen molar-refractivity contribution in [3.05, 3.63) is 21.9 Å². The third kappa shape index (κ3) is 2.77. The van der Waals surface area contributed by atoms with Crippen molar-refractivity contribution in [1.82, 2.24) is 4.90 Å². The monoisotopic (exact) mass is 292 g/mol. The number of rotatable bonds is 3.